The maximum absolute atomic E-state index is 14.3. The quantitative estimate of drug-likeness (QED) is 0.291. The number of alkyl halides is 3. The predicted octanol–water partition coefficient (Wildman–Crippen LogP) is 4.90. The number of amides is 3. The van der Waals surface area contributed by atoms with E-state index in [-0.39, 0.29) is 47.9 Å². The normalized spacial score (nSPS) is 21.8. The van der Waals surface area contributed by atoms with Gasteiger partial charge in [0.25, 0.3) is 17.7 Å². The van der Waals surface area contributed by atoms with Gasteiger partial charge in [-0.3, -0.25) is 19.3 Å². The number of hydrogen-bond acceptors (Lipinski definition) is 6. The maximum atomic E-state index is 14.3. The average Bonchev–Trinajstić information content (AvgIpc) is 3.55. The lowest BCUT2D eigenvalue weighted by molar-refractivity contribution is -0.137. The number of para-hydroxylation sites is 1. The van der Waals surface area contributed by atoms with Gasteiger partial charge in [-0.05, 0) is 61.4 Å². The predicted molar refractivity (Wildman–Crippen MR) is 164 cm³/mol. The maximum Gasteiger partial charge on any atom is 0.416 e. The highest BCUT2D eigenvalue weighted by Gasteiger charge is 2.47. The minimum atomic E-state index is -4.72. The van der Waals surface area contributed by atoms with Crippen LogP contribution in [0.2, 0.25) is 0 Å². The van der Waals surface area contributed by atoms with Crippen LogP contribution in [-0.2, 0) is 15.8 Å². The number of nitrogens with two attached hydrogens (primary N) is 1. The molecule has 47 heavy (non-hydrogen) atoms. The van der Waals surface area contributed by atoms with E-state index in [2.05, 4.69) is 11.4 Å². The van der Waals surface area contributed by atoms with Crippen molar-refractivity contribution in [1.82, 2.24) is 15.1 Å². The molecule has 3 aromatic rings. The molecule has 0 spiro atoms. The molecule has 3 atom stereocenters. The molecule has 3 aromatic carbocycles. The van der Waals surface area contributed by atoms with Crippen LogP contribution in [0.4, 0.5) is 23.2 Å². The van der Waals surface area contributed by atoms with Crippen LogP contribution in [0.1, 0.15) is 40.7 Å². The molecule has 242 valence electrons. The van der Waals surface area contributed by atoms with E-state index in [9.17, 15) is 37.2 Å². The first kappa shape index (κ1) is 32.9. The molecule has 0 aliphatic carbocycles. The molecule has 0 saturated carbocycles. The Morgan fingerprint density at radius 1 is 1.06 bits per heavy atom. The lowest BCUT2D eigenvalue weighted by Crippen LogP contribution is -2.59. The van der Waals surface area contributed by atoms with Gasteiger partial charge in [-0.15, -0.1) is 0 Å². The molecule has 2 aliphatic rings. The van der Waals surface area contributed by atoms with Gasteiger partial charge in [-0.25, -0.2) is 9.38 Å². The summed E-state index contributed by atoms with van der Waals surface area (Å²) in [6.45, 7) is 2.04. The van der Waals surface area contributed by atoms with Crippen molar-refractivity contribution in [2.75, 3.05) is 19.6 Å². The fourth-order valence-corrected chi connectivity index (χ4v) is 5.78. The van der Waals surface area contributed by atoms with E-state index in [4.69, 9.17) is 10.7 Å². The fourth-order valence-electron chi connectivity index (χ4n) is 5.78. The van der Waals surface area contributed by atoms with E-state index in [1.54, 1.807) is 37.3 Å². The molecule has 9 nitrogen and oxygen atoms in total. The Labute approximate surface area is 268 Å². The first-order chi connectivity index (χ1) is 22.4. The minimum absolute atomic E-state index is 0.0156. The summed E-state index contributed by atoms with van der Waals surface area (Å²) in [5.41, 5.74) is 5.71. The van der Waals surface area contributed by atoms with E-state index in [1.165, 1.54) is 28.0 Å². The molecule has 0 aromatic heterocycles. The van der Waals surface area contributed by atoms with E-state index < -0.39 is 53.2 Å². The van der Waals surface area contributed by atoms with Gasteiger partial charge < -0.3 is 16.0 Å². The number of carbonyl (C=O) groups excluding carboxylic acids is 3. The van der Waals surface area contributed by atoms with Crippen LogP contribution in [0, 0.1) is 23.1 Å². The van der Waals surface area contributed by atoms with Crippen molar-refractivity contribution >= 4 is 29.2 Å². The van der Waals surface area contributed by atoms with Crippen molar-refractivity contribution in [3.63, 3.8) is 0 Å². The zero-order valence-electron chi connectivity index (χ0n) is 25.2. The van der Waals surface area contributed by atoms with Crippen LogP contribution in [0.15, 0.2) is 95.1 Å². The zero-order valence-corrected chi connectivity index (χ0v) is 25.2. The summed E-state index contributed by atoms with van der Waals surface area (Å²) < 4.78 is 54.6. The van der Waals surface area contributed by atoms with Crippen LogP contribution in [-0.4, -0.2) is 59.0 Å². The number of likely N-dealkylation sites (tertiary alicyclic amines) is 2. The van der Waals surface area contributed by atoms with Gasteiger partial charge in [0.05, 0.1) is 23.2 Å². The summed E-state index contributed by atoms with van der Waals surface area (Å²) in [7, 11) is 0. The highest BCUT2D eigenvalue weighted by Crippen LogP contribution is 2.38. The highest BCUT2D eigenvalue weighted by atomic mass is 19.4. The third kappa shape index (κ3) is 6.86. The lowest BCUT2D eigenvalue weighted by Gasteiger charge is -2.41. The molecule has 2 fully saturated rings. The van der Waals surface area contributed by atoms with Crippen molar-refractivity contribution < 1.29 is 31.9 Å². The second kappa shape index (κ2) is 13.5. The van der Waals surface area contributed by atoms with E-state index in [1.807, 2.05) is 0 Å². The van der Waals surface area contributed by atoms with Crippen LogP contribution in [0.5, 0.6) is 0 Å². The van der Waals surface area contributed by atoms with Crippen LogP contribution in [0.25, 0.3) is 0 Å². The second-order valence-electron chi connectivity index (χ2n) is 11.1. The van der Waals surface area contributed by atoms with Crippen molar-refractivity contribution in [3.8, 4) is 6.07 Å². The number of nitrogens with one attached hydrogen (secondary N) is 1. The second-order valence-corrected chi connectivity index (χ2v) is 11.1. The molecule has 3 N–H and O–H groups in total. The zero-order chi connectivity index (χ0) is 33.9. The molecule has 2 aliphatic heterocycles. The number of nitriles is 1. The first-order valence-electron chi connectivity index (χ1n) is 14.8. The number of halogens is 4. The van der Waals surface area contributed by atoms with E-state index in [0.717, 1.165) is 24.3 Å². The minimum Gasteiger partial charge on any atom is -0.394 e. The molecule has 3 unspecified atom stereocenters. The molecule has 0 bridgehead atoms. The summed E-state index contributed by atoms with van der Waals surface area (Å²) >= 11 is 0. The van der Waals surface area contributed by atoms with Gasteiger partial charge in [0.1, 0.15) is 23.4 Å². The molecule has 5 rings (SSSR count). The lowest BCUT2D eigenvalue weighted by atomic mass is 9.78. The number of piperidine rings is 1. The van der Waals surface area contributed by atoms with E-state index >= 15 is 0 Å². The summed E-state index contributed by atoms with van der Waals surface area (Å²) in [6, 6.07) is 18.0. The number of amidine groups is 1. The number of carbonyl (C=O) groups is 3. The Morgan fingerprint density at radius 2 is 1.77 bits per heavy atom. The topological polar surface area (TPSA) is 132 Å². The average molecular weight is 647 g/mol. The number of hydrogen-bond donors (Lipinski definition) is 2. The van der Waals surface area contributed by atoms with Gasteiger partial charge in [0, 0.05) is 36.7 Å². The standard InChI is InChI=1S/C34H30F4N6O3/c1-2-44-30(41-25-9-4-3-5-10-25)27(28(40)32(46)43-16-15-20(18-39)19-43)26(21-11-13-24(35)14-12-21)29(33(44)47)42-31(45)22-7-6-8-23(17-22)34(36,37)38/h3-14,17,20,26,29H,2,15-16,19,40H2,1H3,(H,42,45)/b28-27-,41-30?. The largest absolute Gasteiger partial charge is 0.416 e. The fraction of sp³-hybridized carbons (Fsp3) is 0.265. The summed E-state index contributed by atoms with van der Waals surface area (Å²) in [5.74, 6) is -4.48. The van der Waals surface area contributed by atoms with Crippen LogP contribution in [0.3, 0.4) is 0 Å². The Hall–Kier alpha value is -5.51. The number of aliphatic imine (C=N–C) groups is 1. The van der Waals surface area contributed by atoms with Gasteiger partial charge in [0.2, 0.25) is 0 Å². The Bertz CT molecular complexity index is 1780. The Kier molecular flexibility index (Phi) is 9.41. The van der Waals surface area contributed by atoms with Gasteiger partial charge >= 0.3 is 6.18 Å². The van der Waals surface area contributed by atoms with Gasteiger partial charge in [0.15, 0.2) is 0 Å². The molecule has 2 heterocycles. The molecular weight excluding hydrogens is 616 g/mol. The molecule has 3 amide bonds. The molecular formula is C34H30F4N6O3. The van der Waals surface area contributed by atoms with Crippen molar-refractivity contribution in [2.45, 2.75) is 31.5 Å². The molecule has 0 radical (unpaired) electrons. The van der Waals surface area contributed by atoms with Gasteiger partial charge in [-0.2, -0.15) is 18.4 Å². The van der Waals surface area contributed by atoms with Crippen molar-refractivity contribution in [1.29, 1.82) is 5.26 Å². The SMILES string of the molecule is CCN1C(=O)C(NC(=O)c2cccc(C(F)(F)F)c2)C(c2ccc(F)cc2)/C(=C(/N)C(=O)N2CCC(C#N)C2)C1=Nc1ccccc1. The summed E-state index contributed by atoms with van der Waals surface area (Å²) in [6.07, 6.45) is -4.29. The number of benzene rings is 3. The first-order valence-corrected chi connectivity index (χ1v) is 14.8. The third-order valence-electron chi connectivity index (χ3n) is 8.13. The number of likely N-dealkylation sites (N-methyl/N-ethyl adjacent to an activating group) is 1. The number of nitrogens with zero attached hydrogens (tertiary/aromatic N) is 4. The van der Waals surface area contributed by atoms with Crippen molar-refractivity contribution in [2.24, 2.45) is 16.6 Å². The third-order valence-corrected chi connectivity index (χ3v) is 8.13. The smallest absolute Gasteiger partial charge is 0.394 e. The highest BCUT2D eigenvalue weighted by molar-refractivity contribution is 6.18. The molecule has 2 saturated heterocycles. The monoisotopic (exact) mass is 646 g/mol. The van der Waals surface area contributed by atoms with E-state index in [0.29, 0.717) is 18.2 Å². The Morgan fingerprint density at radius 3 is 2.38 bits per heavy atom. The summed E-state index contributed by atoms with van der Waals surface area (Å²) in [5, 5.41) is 12.0. The van der Waals surface area contributed by atoms with Crippen molar-refractivity contribution in [3.05, 3.63) is 113 Å². The Balaban J connectivity index is 1.71. The number of rotatable bonds is 6. The molecule has 13 heteroatoms. The summed E-state index contributed by atoms with van der Waals surface area (Å²) in [4.78, 5) is 49.1. The van der Waals surface area contributed by atoms with Gasteiger partial charge in [-0.1, -0.05) is 36.4 Å². The van der Waals surface area contributed by atoms with Crippen LogP contribution >= 0.6 is 0 Å². The van der Waals surface area contributed by atoms with Crippen LogP contribution < -0.4 is 11.1 Å².